The van der Waals surface area contributed by atoms with Gasteiger partial charge in [0.2, 0.25) is 5.82 Å². The molecule has 2 amide bonds. The van der Waals surface area contributed by atoms with Gasteiger partial charge in [0.15, 0.2) is 0 Å². The van der Waals surface area contributed by atoms with Gasteiger partial charge >= 0.3 is 11.7 Å². The van der Waals surface area contributed by atoms with Crippen LogP contribution >= 0.6 is 0 Å². The van der Waals surface area contributed by atoms with Crippen LogP contribution in [0.15, 0.2) is 30.5 Å². The summed E-state index contributed by atoms with van der Waals surface area (Å²) in [4.78, 5) is 38.9. The normalized spacial score (nSPS) is 17.2. The molecule has 2 fully saturated rings. The number of hydrogen-bond acceptors (Lipinski definition) is 8. The largest absolute Gasteiger partial charge is 0.354 e. The zero-order valence-electron chi connectivity index (χ0n) is 20.7. The summed E-state index contributed by atoms with van der Waals surface area (Å²) in [7, 11) is 0. The van der Waals surface area contributed by atoms with E-state index in [0.29, 0.717) is 17.3 Å². The van der Waals surface area contributed by atoms with Crippen LogP contribution in [0.25, 0.3) is 0 Å². The fraction of sp³-hybridized carbons (Fsp3) is 0.542. The Kier molecular flexibility index (Phi) is 7.34. The molecule has 0 bridgehead atoms. The predicted molar refractivity (Wildman–Crippen MR) is 136 cm³/mol. The van der Waals surface area contributed by atoms with E-state index in [1.165, 1.54) is 6.07 Å². The molecule has 0 spiro atoms. The van der Waals surface area contributed by atoms with Gasteiger partial charge in [0, 0.05) is 68.8 Å². The Morgan fingerprint density at radius 2 is 1.74 bits per heavy atom. The number of hydrogen-bond donors (Lipinski definition) is 2. The molecule has 0 aliphatic carbocycles. The molecule has 11 heteroatoms. The minimum absolute atomic E-state index is 0.101. The van der Waals surface area contributed by atoms with Crippen molar-refractivity contribution in [2.45, 2.75) is 45.6 Å². The van der Waals surface area contributed by atoms with Gasteiger partial charge in [-0.3, -0.25) is 20.3 Å². The third-order valence-corrected chi connectivity index (χ3v) is 6.51. The minimum Gasteiger partial charge on any atom is -0.354 e. The van der Waals surface area contributed by atoms with Crippen molar-refractivity contribution >= 4 is 34.9 Å². The van der Waals surface area contributed by atoms with Crippen LogP contribution in [-0.4, -0.2) is 75.5 Å². The fourth-order valence-electron chi connectivity index (χ4n) is 4.46. The Morgan fingerprint density at radius 3 is 2.40 bits per heavy atom. The quantitative estimate of drug-likeness (QED) is 0.483. The highest BCUT2D eigenvalue weighted by atomic mass is 16.6. The summed E-state index contributed by atoms with van der Waals surface area (Å²) < 4.78 is 0. The lowest BCUT2D eigenvalue weighted by molar-refractivity contribution is -0.384. The number of nitrogens with zero attached hydrogens (tertiary/aromatic N) is 6. The van der Waals surface area contributed by atoms with Crippen molar-refractivity contribution in [3.63, 3.8) is 0 Å². The topological polar surface area (TPSA) is 120 Å². The summed E-state index contributed by atoms with van der Waals surface area (Å²) in [5.41, 5.74) is 0.543. The lowest BCUT2D eigenvalue weighted by Gasteiger charge is -2.42. The zero-order valence-corrected chi connectivity index (χ0v) is 20.7. The van der Waals surface area contributed by atoms with Crippen LogP contribution in [-0.2, 0) is 0 Å². The highest BCUT2D eigenvalue weighted by Gasteiger charge is 2.27. The predicted octanol–water partition coefficient (Wildman–Crippen LogP) is 4.07. The Balaban J connectivity index is 1.49. The molecule has 0 unspecified atom stereocenters. The number of rotatable bonds is 5. The van der Waals surface area contributed by atoms with Crippen molar-refractivity contribution < 1.29 is 9.72 Å². The first-order valence-electron chi connectivity index (χ1n) is 12.2. The Labute approximate surface area is 205 Å². The van der Waals surface area contributed by atoms with Crippen LogP contribution < -0.4 is 15.5 Å². The average Bonchev–Trinajstić information content (AvgIpc) is 2.84. The molecule has 0 atom stereocenters. The summed E-state index contributed by atoms with van der Waals surface area (Å²) in [6, 6.07) is 6.35. The van der Waals surface area contributed by atoms with Gasteiger partial charge in [-0.25, -0.2) is 14.8 Å². The second-order valence-corrected chi connectivity index (χ2v) is 9.97. The van der Waals surface area contributed by atoms with Gasteiger partial charge in [-0.15, -0.1) is 0 Å². The molecule has 4 rings (SSSR count). The number of pyridine rings is 2. The first kappa shape index (κ1) is 24.6. The molecule has 4 heterocycles. The summed E-state index contributed by atoms with van der Waals surface area (Å²) in [5, 5.41) is 17.6. The Hall–Kier alpha value is -3.47. The van der Waals surface area contributed by atoms with E-state index in [1.807, 2.05) is 0 Å². The first-order chi connectivity index (χ1) is 16.7. The number of nitrogens with one attached hydrogen (secondary N) is 2. The van der Waals surface area contributed by atoms with Crippen LogP contribution in [0.5, 0.6) is 0 Å². The maximum absolute atomic E-state index is 12.5. The first-order valence-corrected chi connectivity index (χ1v) is 12.2. The molecule has 11 nitrogen and oxygen atoms in total. The number of piperidine rings is 1. The van der Waals surface area contributed by atoms with Crippen LogP contribution in [0.2, 0.25) is 0 Å². The van der Waals surface area contributed by atoms with Gasteiger partial charge < -0.3 is 15.1 Å². The molecular weight excluding hydrogens is 448 g/mol. The molecular formula is C24H34N8O3. The van der Waals surface area contributed by atoms with Crippen molar-refractivity contribution in [2.24, 2.45) is 0 Å². The number of piperazine rings is 1. The Morgan fingerprint density at radius 1 is 1.03 bits per heavy atom. The van der Waals surface area contributed by atoms with Crippen molar-refractivity contribution in [2.75, 3.05) is 54.8 Å². The fourth-order valence-corrected chi connectivity index (χ4v) is 4.46. The van der Waals surface area contributed by atoms with Gasteiger partial charge in [0.05, 0.1) is 4.92 Å². The molecule has 2 aliphatic heterocycles. The van der Waals surface area contributed by atoms with Crippen LogP contribution in [0, 0.1) is 10.1 Å². The summed E-state index contributed by atoms with van der Waals surface area (Å²) in [5.74, 6) is 1.23. The summed E-state index contributed by atoms with van der Waals surface area (Å²) in [6.45, 7) is 11.5. The van der Waals surface area contributed by atoms with E-state index in [1.54, 1.807) is 29.3 Å². The number of aromatic nitrogens is 2. The van der Waals surface area contributed by atoms with Crippen molar-refractivity contribution in [1.82, 2.24) is 19.8 Å². The molecule has 35 heavy (non-hydrogen) atoms. The van der Waals surface area contributed by atoms with Crippen molar-refractivity contribution in [1.29, 1.82) is 0 Å². The molecule has 2 aliphatic rings. The number of likely N-dealkylation sites (tertiary alicyclic amines) is 1. The monoisotopic (exact) mass is 482 g/mol. The van der Waals surface area contributed by atoms with E-state index >= 15 is 0 Å². The molecule has 2 aromatic rings. The molecule has 2 saturated heterocycles. The molecule has 2 N–H and O–H groups in total. The number of amides is 2. The van der Waals surface area contributed by atoms with E-state index in [-0.39, 0.29) is 23.1 Å². The van der Waals surface area contributed by atoms with Crippen molar-refractivity contribution in [3.8, 4) is 0 Å². The highest BCUT2D eigenvalue weighted by Crippen LogP contribution is 2.30. The second-order valence-electron chi connectivity index (χ2n) is 9.97. The lowest BCUT2D eigenvalue weighted by atomic mass is 10.1. The maximum Gasteiger partial charge on any atom is 0.323 e. The van der Waals surface area contributed by atoms with Crippen LogP contribution in [0.4, 0.5) is 33.6 Å². The third kappa shape index (κ3) is 6.16. The lowest BCUT2D eigenvalue weighted by Crippen LogP contribution is -2.53. The summed E-state index contributed by atoms with van der Waals surface area (Å²) >= 11 is 0. The van der Waals surface area contributed by atoms with Gasteiger partial charge in [-0.2, -0.15) is 0 Å². The average molecular weight is 483 g/mol. The molecule has 0 aromatic carbocycles. The van der Waals surface area contributed by atoms with E-state index in [9.17, 15) is 14.9 Å². The van der Waals surface area contributed by atoms with Crippen LogP contribution in [0.3, 0.4) is 0 Å². The van der Waals surface area contributed by atoms with E-state index < -0.39 is 4.92 Å². The molecule has 0 radical (unpaired) electrons. The van der Waals surface area contributed by atoms with Gasteiger partial charge in [0.25, 0.3) is 0 Å². The number of carbonyl (C=O) groups excluding carboxylic acids is 1. The van der Waals surface area contributed by atoms with Gasteiger partial charge in [0.1, 0.15) is 11.6 Å². The van der Waals surface area contributed by atoms with E-state index in [4.69, 9.17) is 0 Å². The standard InChI is InChI=1S/C24H34N8O3/c1-24(2,3)31-15-13-29(14-16-31)21-8-7-19(32(34)35)22(28-21)26-18-9-10-25-20(17-18)27-23(33)30-11-5-4-6-12-30/h7-10,17H,4-6,11-16H2,1-3H3,(H2,25,26,27,28,33). The van der Waals surface area contributed by atoms with Crippen LogP contribution in [0.1, 0.15) is 40.0 Å². The number of anilines is 4. The third-order valence-electron chi connectivity index (χ3n) is 6.51. The Bertz CT molecular complexity index is 1060. The summed E-state index contributed by atoms with van der Waals surface area (Å²) in [6.07, 6.45) is 4.69. The molecule has 188 valence electrons. The maximum atomic E-state index is 12.5. The minimum atomic E-state index is -0.448. The molecule has 2 aromatic heterocycles. The number of carbonyl (C=O) groups is 1. The molecule has 0 saturated carbocycles. The number of nitro groups is 1. The zero-order chi connectivity index (χ0) is 25.0. The second kappa shape index (κ2) is 10.4. The number of urea groups is 1. The van der Waals surface area contributed by atoms with Gasteiger partial charge in [-0.1, -0.05) is 0 Å². The van der Waals surface area contributed by atoms with E-state index in [2.05, 4.69) is 51.2 Å². The van der Waals surface area contributed by atoms with Crippen molar-refractivity contribution in [3.05, 3.63) is 40.6 Å². The van der Waals surface area contributed by atoms with E-state index in [0.717, 1.165) is 58.5 Å². The SMILES string of the molecule is CC(C)(C)N1CCN(c2ccc([N+](=O)[O-])c(Nc3ccnc(NC(=O)N4CCCCC4)c3)n2)CC1. The smallest absolute Gasteiger partial charge is 0.323 e. The highest BCUT2D eigenvalue weighted by molar-refractivity contribution is 5.89. The van der Waals surface area contributed by atoms with Gasteiger partial charge in [-0.05, 0) is 52.2 Å².